The Morgan fingerprint density at radius 1 is 0.365 bits per heavy atom. The molecule has 0 spiro atoms. The zero-order valence-corrected chi connectivity index (χ0v) is 34.6. The Morgan fingerprint density at radius 2 is 0.937 bits per heavy atom. The van der Waals surface area contributed by atoms with E-state index in [1.807, 2.05) is 86.6 Å². The largest absolute Gasteiger partial charge is 0.456 e. The zero-order valence-electron chi connectivity index (χ0n) is 34.6. The molecule has 0 bridgehead atoms. The Morgan fingerprint density at radius 3 is 1.76 bits per heavy atom. The monoisotopic (exact) mass is 810 g/mol. The molecule has 0 fully saturated rings. The second-order valence-corrected chi connectivity index (χ2v) is 15.6. The highest BCUT2D eigenvalue weighted by Gasteiger charge is 2.22. The summed E-state index contributed by atoms with van der Waals surface area (Å²) in [5, 5.41) is 8.88. The van der Waals surface area contributed by atoms with Gasteiger partial charge in [0.25, 0.3) is 0 Å². The second kappa shape index (κ2) is 14.7. The van der Waals surface area contributed by atoms with Crippen LogP contribution < -0.4 is 0 Å². The maximum absolute atomic E-state index is 6.35. The van der Waals surface area contributed by atoms with Crippen LogP contribution in [0.2, 0.25) is 0 Å². The molecule has 6 heteroatoms. The molecule has 0 N–H and O–H groups in total. The van der Waals surface area contributed by atoms with E-state index >= 15 is 0 Å². The van der Waals surface area contributed by atoms with Crippen molar-refractivity contribution < 1.29 is 8.83 Å². The van der Waals surface area contributed by atoms with Gasteiger partial charge in [-0.15, -0.1) is 0 Å². The fraction of sp³-hybridized carbons (Fsp3) is 0.0351. The molecule has 0 unspecified atom stereocenters. The second-order valence-electron chi connectivity index (χ2n) is 15.6. The van der Waals surface area contributed by atoms with Crippen LogP contribution in [-0.2, 0) is 0 Å². The van der Waals surface area contributed by atoms with Crippen molar-refractivity contribution in [3.8, 4) is 51.0 Å². The molecule has 0 aliphatic heterocycles. The third kappa shape index (κ3) is 5.91. The molecule has 0 saturated carbocycles. The quantitative estimate of drug-likeness (QED) is 0.173. The van der Waals surface area contributed by atoms with Gasteiger partial charge in [0.1, 0.15) is 22.3 Å². The van der Waals surface area contributed by atoms with Crippen molar-refractivity contribution in [3.05, 3.63) is 194 Å². The first kappa shape index (κ1) is 36.5. The Hall–Kier alpha value is -8.35. The first-order valence-corrected chi connectivity index (χ1v) is 21.4. The fourth-order valence-corrected chi connectivity index (χ4v) is 9.24. The minimum Gasteiger partial charge on any atom is -0.456 e. The summed E-state index contributed by atoms with van der Waals surface area (Å²) < 4.78 is 14.9. The van der Waals surface area contributed by atoms with Crippen molar-refractivity contribution in [1.82, 2.24) is 19.5 Å². The normalized spacial score (nSPS) is 11.7. The standard InChI is InChI=1S/C55H32N4O2.C2H6/c1-2-13-33(14-3-1)53-56-54(38-27-28-42-41-19-6-8-24-47(41)61-50(42)32-38)58-55(57-53)59-46-31-35-16-5-4-15-34(35)30-45(46)43-23-11-22-40(52(43)59)37-18-10-17-36(29-37)39-21-12-26-49-51(39)44-20-7-9-25-48(44)60-49;1-2/h1-32H;1-2H3. The van der Waals surface area contributed by atoms with Crippen molar-refractivity contribution in [1.29, 1.82) is 0 Å². The van der Waals surface area contributed by atoms with E-state index in [-0.39, 0.29) is 0 Å². The highest BCUT2D eigenvalue weighted by atomic mass is 16.3. The smallest absolute Gasteiger partial charge is 0.238 e. The fourth-order valence-electron chi connectivity index (χ4n) is 9.24. The van der Waals surface area contributed by atoms with Crippen LogP contribution in [0, 0.1) is 0 Å². The Labute approximate surface area is 362 Å². The highest BCUT2D eigenvalue weighted by molar-refractivity contribution is 6.17. The Kier molecular flexibility index (Phi) is 8.50. The van der Waals surface area contributed by atoms with Crippen molar-refractivity contribution in [3.63, 3.8) is 0 Å². The highest BCUT2D eigenvalue weighted by Crippen LogP contribution is 2.42. The van der Waals surface area contributed by atoms with Crippen LogP contribution in [0.15, 0.2) is 203 Å². The van der Waals surface area contributed by atoms with Gasteiger partial charge in [-0.05, 0) is 76.0 Å². The van der Waals surface area contributed by atoms with E-state index in [0.717, 1.165) is 104 Å². The van der Waals surface area contributed by atoms with E-state index in [1.165, 1.54) is 5.39 Å². The minimum atomic E-state index is 0.530. The van der Waals surface area contributed by atoms with E-state index < -0.39 is 0 Å². The molecule has 4 aromatic heterocycles. The molecule has 0 aliphatic carbocycles. The third-order valence-corrected chi connectivity index (χ3v) is 12.0. The Balaban J connectivity index is 0.00000208. The first-order valence-electron chi connectivity index (χ1n) is 21.4. The van der Waals surface area contributed by atoms with Crippen molar-refractivity contribution in [2.24, 2.45) is 0 Å². The number of hydrogen-bond donors (Lipinski definition) is 0. The number of benzene rings is 9. The molecule has 298 valence electrons. The predicted octanol–water partition coefficient (Wildman–Crippen LogP) is 15.6. The van der Waals surface area contributed by atoms with Crippen LogP contribution in [0.1, 0.15) is 13.8 Å². The van der Waals surface area contributed by atoms with Gasteiger partial charge < -0.3 is 8.83 Å². The number of furan rings is 2. The van der Waals surface area contributed by atoms with Gasteiger partial charge in [0.2, 0.25) is 5.95 Å². The van der Waals surface area contributed by atoms with E-state index in [1.54, 1.807) is 0 Å². The van der Waals surface area contributed by atoms with Gasteiger partial charge in [-0.25, -0.2) is 4.98 Å². The Bertz CT molecular complexity index is 3900. The van der Waals surface area contributed by atoms with Crippen LogP contribution >= 0.6 is 0 Å². The number of aromatic nitrogens is 4. The average molecular weight is 811 g/mol. The lowest BCUT2D eigenvalue weighted by atomic mass is 9.95. The molecule has 13 aromatic rings. The molecule has 63 heavy (non-hydrogen) atoms. The molecule has 0 atom stereocenters. The summed E-state index contributed by atoms with van der Waals surface area (Å²) >= 11 is 0. The van der Waals surface area contributed by atoms with Crippen molar-refractivity contribution in [2.45, 2.75) is 13.8 Å². The lowest BCUT2D eigenvalue weighted by Crippen LogP contribution is -2.07. The van der Waals surface area contributed by atoms with Crippen LogP contribution in [0.5, 0.6) is 0 Å². The summed E-state index contributed by atoms with van der Waals surface area (Å²) in [6, 6.07) is 67.6. The van der Waals surface area contributed by atoms with Crippen LogP contribution in [0.25, 0.3) is 127 Å². The maximum atomic E-state index is 6.35. The summed E-state index contributed by atoms with van der Waals surface area (Å²) in [5.41, 5.74) is 11.5. The number of rotatable bonds is 5. The third-order valence-electron chi connectivity index (χ3n) is 12.0. The van der Waals surface area contributed by atoms with E-state index in [0.29, 0.717) is 17.6 Å². The van der Waals surface area contributed by atoms with Crippen LogP contribution in [0.3, 0.4) is 0 Å². The van der Waals surface area contributed by atoms with Crippen molar-refractivity contribution >= 4 is 76.5 Å². The predicted molar refractivity (Wildman–Crippen MR) is 259 cm³/mol. The topological polar surface area (TPSA) is 69.9 Å². The van der Waals surface area contributed by atoms with Crippen molar-refractivity contribution in [2.75, 3.05) is 0 Å². The van der Waals surface area contributed by atoms with Gasteiger partial charge in [-0.2, -0.15) is 9.97 Å². The number of fused-ring (bicyclic) bond motifs is 10. The lowest BCUT2D eigenvalue weighted by Gasteiger charge is -2.14. The van der Waals surface area contributed by atoms with Gasteiger partial charge in [-0.1, -0.05) is 159 Å². The van der Waals surface area contributed by atoms with E-state index in [4.69, 9.17) is 23.8 Å². The van der Waals surface area contributed by atoms with Gasteiger partial charge in [0.05, 0.1) is 11.0 Å². The van der Waals surface area contributed by atoms with Gasteiger partial charge >= 0.3 is 0 Å². The molecule has 0 radical (unpaired) electrons. The number of nitrogens with zero attached hydrogens (tertiary/aromatic N) is 4. The number of para-hydroxylation sites is 3. The summed E-state index contributed by atoms with van der Waals surface area (Å²) in [4.78, 5) is 15.8. The van der Waals surface area contributed by atoms with Gasteiger partial charge in [-0.3, -0.25) is 4.57 Å². The average Bonchev–Trinajstić information content (AvgIpc) is 4.03. The summed E-state index contributed by atoms with van der Waals surface area (Å²) in [7, 11) is 0. The first-order chi connectivity index (χ1) is 31.2. The molecular formula is C57H38N4O2. The van der Waals surface area contributed by atoms with Crippen LogP contribution in [-0.4, -0.2) is 19.5 Å². The molecule has 0 saturated heterocycles. The minimum absolute atomic E-state index is 0.530. The zero-order chi connectivity index (χ0) is 42.0. The molecule has 4 heterocycles. The molecule has 6 nitrogen and oxygen atoms in total. The maximum Gasteiger partial charge on any atom is 0.238 e. The van der Waals surface area contributed by atoms with E-state index in [2.05, 4.69) is 126 Å². The van der Waals surface area contributed by atoms with Gasteiger partial charge in [0, 0.05) is 49.0 Å². The summed E-state index contributed by atoms with van der Waals surface area (Å²) in [5.74, 6) is 1.67. The lowest BCUT2D eigenvalue weighted by molar-refractivity contribution is 0.668. The van der Waals surface area contributed by atoms with E-state index in [9.17, 15) is 0 Å². The molecule has 13 rings (SSSR count). The number of hydrogen-bond acceptors (Lipinski definition) is 5. The summed E-state index contributed by atoms with van der Waals surface area (Å²) in [6.07, 6.45) is 0. The molecule has 9 aromatic carbocycles. The summed E-state index contributed by atoms with van der Waals surface area (Å²) in [6.45, 7) is 4.00. The molecule has 0 amide bonds. The SMILES string of the molecule is CC.c1ccc(-c2nc(-c3ccc4c(c3)oc3ccccc34)nc(-n3c4cc5ccccc5cc4c4cccc(-c5cccc(-c6cccc7oc8ccccc8c67)c5)c43)n2)cc1. The molecular weight excluding hydrogens is 773 g/mol. The molecule has 0 aliphatic rings. The van der Waals surface area contributed by atoms with Crippen LogP contribution in [0.4, 0.5) is 0 Å². The van der Waals surface area contributed by atoms with Gasteiger partial charge in [0.15, 0.2) is 11.6 Å².